The van der Waals surface area contributed by atoms with Crippen LogP contribution >= 0.6 is 0 Å². The van der Waals surface area contributed by atoms with Crippen molar-refractivity contribution in [3.05, 3.63) is 29.8 Å². The summed E-state index contributed by atoms with van der Waals surface area (Å²) in [6.45, 7) is -0.255. The minimum absolute atomic E-state index is 0.156. The number of carboxylic acids is 2. The minimum atomic E-state index is -3.89. The highest BCUT2D eigenvalue weighted by Gasteiger charge is 2.15. The Morgan fingerprint density at radius 3 is 2.44 bits per heavy atom. The summed E-state index contributed by atoms with van der Waals surface area (Å²) >= 11 is 0. The van der Waals surface area contributed by atoms with Crippen LogP contribution in [0.15, 0.2) is 29.2 Å². The number of rotatable bonds is 6. The van der Waals surface area contributed by atoms with Gasteiger partial charge in [-0.3, -0.25) is 4.79 Å². The van der Waals surface area contributed by atoms with Gasteiger partial charge in [0.1, 0.15) is 0 Å². The molecule has 0 aromatic heterocycles. The average Bonchev–Trinajstić information content (AvgIpc) is 2.28. The highest BCUT2D eigenvalue weighted by Crippen LogP contribution is 2.11. The first-order valence-electron chi connectivity index (χ1n) is 4.88. The van der Waals surface area contributed by atoms with Gasteiger partial charge in [-0.1, -0.05) is 6.07 Å². The highest BCUT2D eigenvalue weighted by molar-refractivity contribution is 7.89. The Balaban J connectivity index is 2.88. The van der Waals surface area contributed by atoms with Gasteiger partial charge in [0.2, 0.25) is 10.0 Å². The van der Waals surface area contributed by atoms with Crippen LogP contribution < -0.4 is 4.72 Å². The summed E-state index contributed by atoms with van der Waals surface area (Å²) in [4.78, 5) is 20.7. The molecule has 0 unspecified atom stereocenters. The lowest BCUT2D eigenvalue weighted by atomic mass is 10.2. The zero-order valence-electron chi connectivity index (χ0n) is 9.16. The van der Waals surface area contributed by atoms with Crippen LogP contribution in [0.5, 0.6) is 0 Å². The zero-order valence-corrected chi connectivity index (χ0v) is 9.98. The predicted octanol–water partition coefficient (Wildman–Crippen LogP) is 0.138. The number of nitrogens with one attached hydrogen (secondary N) is 1. The third-order valence-electron chi connectivity index (χ3n) is 2.02. The monoisotopic (exact) mass is 273 g/mol. The molecule has 18 heavy (non-hydrogen) atoms. The van der Waals surface area contributed by atoms with E-state index >= 15 is 0 Å². The summed E-state index contributed by atoms with van der Waals surface area (Å²) in [7, 11) is -3.89. The fraction of sp³-hybridized carbons (Fsp3) is 0.200. The third-order valence-corrected chi connectivity index (χ3v) is 3.48. The van der Waals surface area contributed by atoms with Gasteiger partial charge in [-0.15, -0.1) is 0 Å². The van der Waals surface area contributed by atoms with Gasteiger partial charge in [0, 0.05) is 6.54 Å². The van der Waals surface area contributed by atoms with E-state index in [0.29, 0.717) is 0 Å². The summed E-state index contributed by atoms with van der Waals surface area (Å²) in [5.74, 6) is -2.37. The maximum atomic E-state index is 11.7. The Bertz CT molecular complexity index is 565. The number of carbonyl (C=O) groups is 2. The molecule has 0 saturated carbocycles. The molecule has 0 atom stereocenters. The Hall–Kier alpha value is -1.93. The van der Waals surface area contributed by atoms with Crippen LogP contribution in [0.4, 0.5) is 0 Å². The molecule has 0 aliphatic carbocycles. The molecule has 0 spiro atoms. The Kier molecular flexibility index (Phi) is 4.40. The van der Waals surface area contributed by atoms with E-state index in [-0.39, 0.29) is 23.4 Å². The molecule has 1 aromatic rings. The zero-order chi connectivity index (χ0) is 13.8. The van der Waals surface area contributed by atoms with Gasteiger partial charge in [0.15, 0.2) is 0 Å². The van der Waals surface area contributed by atoms with E-state index < -0.39 is 22.0 Å². The number of hydrogen-bond acceptors (Lipinski definition) is 4. The number of hydrogen-bond donors (Lipinski definition) is 3. The molecular formula is C10H11NO6S. The number of carboxylic acid groups (broad SMARTS) is 2. The summed E-state index contributed by atoms with van der Waals surface area (Å²) < 4.78 is 25.5. The van der Waals surface area contributed by atoms with Crippen LogP contribution in [0.1, 0.15) is 16.8 Å². The van der Waals surface area contributed by atoms with E-state index in [1.165, 1.54) is 18.2 Å². The Morgan fingerprint density at radius 2 is 1.89 bits per heavy atom. The standard InChI is InChI=1S/C10H11NO6S/c12-9(13)4-5-11-18(16,17)8-3-1-2-7(6-8)10(14)15/h1-3,6,11H,4-5H2,(H,12,13)(H,14,15). The van der Waals surface area contributed by atoms with Crippen molar-refractivity contribution in [2.75, 3.05) is 6.54 Å². The highest BCUT2D eigenvalue weighted by atomic mass is 32.2. The molecule has 0 bridgehead atoms. The van der Waals surface area contributed by atoms with Crippen LogP contribution in [0.3, 0.4) is 0 Å². The summed E-state index contributed by atoms with van der Waals surface area (Å²) in [5, 5.41) is 17.1. The SMILES string of the molecule is O=C(O)CCNS(=O)(=O)c1cccc(C(=O)O)c1. The molecule has 0 heterocycles. The van der Waals surface area contributed by atoms with Crippen molar-refractivity contribution in [3.8, 4) is 0 Å². The second-order valence-electron chi connectivity index (χ2n) is 3.37. The summed E-state index contributed by atoms with van der Waals surface area (Å²) in [6.07, 6.45) is -0.349. The van der Waals surface area contributed by atoms with Gasteiger partial charge in [0.05, 0.1) is 16.9 Å². The van der Waals surface area contributed by atoms with E-state index in [2.05, 4.69) is 4.72 Å². The van der Waals surface area contributed by atoms with E-state index in [0.717, 1.165) is 6.07 Å². The smallest absolute Gasteiger partial charge is 0.335 e. The van der Waals surface area contributed by atoms with Gasteiger partial charge in [0.25, 0.3) is 0 Å². The fourth-order valence-corrected chi connectivity index (χ4v) is 2.25. The van der Waals surface area contributed by atoms with Crippen molar-refractivity contribution >= 4 is 22.0 Å². The summed E-state index contributed by atoms with van der Waals surface area (Å²) in [5.41, 5.74) is -0.156. The first-order valence-corrected chi connectivity index (χ1v) is 6.36. The molecule has 1 rings (SSSR count). The first kappa shape index (κ1) is 14.1. The number of benzene rings is 1. The second kappa shape index (κ2) is 5.61. The maximum Gasteiger partial charge on any atom is 0.335 e. The Morgan fingerprint density at radius 1 is 1.22 bits per heavy atom. The van der Waals surface area contributed by atoms with E-state index in [9.17, 15) is 18.0 Å². The molecule has 0 fully saturated rings. The van der Waals surface area contributed by atoms with Crippen LogP contribution in [0, 0.1) is 0 Å². The third kappa shape index (κ3) is 3.82. The van der Waals surface area contributed by atoms with Crippen molar-refractivity contribution < 1.29 is 28.2 Å². The van der Waals surface area contributed by atoms with Gasteiger partial charge in [-0.05, 0) is 18.2 Å². The van der Waals surface area contributed by atoms with Crippen molar-refractivity contribution in [1.29, 1.82) is 0 Å². The molecule has 8 heteroatoms. The predicted molar refractivity (Wildman–Crippen MR) is 60.8 cm³/mol. The molecule has 3 N–H and O–H groups in total. The molecule has 0 amide bonds. The molecule has 0 aliphatic rings. The molecule has 0 saturated heterocycles. The second-order valence-corrected chi connectivity index (χ2v) is 5.14. The Labute approximate surface area is 103 Å². The van der Waals surface area contributed by atoms with Crippen LogP contribution in [0.25, 0.3) is 0 Å². The molecule has 1 aromatic carbocycles. The van der Waals surface area contributed by atoms with Crippen LogP contribution in [0.2, 0.25) is 0 Å². The lowest BCUT2D eigenvalue weighted by molar-refractivity contribution is -0.136. The van der Waals surface area contributed by atoms with Crippen molar-refractivity contribution in [3.63, 3.8) is 0 Å². The van der Waals surface area contributed by atoms with Gasteiger partial charge >= 0.3 is 11.9 Å². The average molecular weight is 273 g/mol. The topological polar surface area (TPSA) is 121 Å². The quantitative estimate of drug-likeness (QED) is 0.677. The van der Waals surface area contributed by atoms with Crippen molar-refractivity contribution in [2.45, 2.75) is 11.3 Å². The largest absolute Gasteiger partial charge is 0.481 e. The summed E-state index contributed by atoms with van der Waals surface area (Å²) in [6, 6.07) is 4.80. The van der Waals surface area contributed by atoms with E-state index in [4.69, 9.17) is 10.2 Å². The molecule has 0 radical (unpaired) electrons. The number of aromatic carboxylic acids is 1. The van der Waals surface area contributed by atoms with Gasteiger partial charge in [-0.2, -0.15) is 0 Å². The lowest BCUT2D eigenvalue weighted by Gasteiger charge is -2.06. The normalized spacial score (nSPS) is 11.1. The molecule has 7 nitrogen and oxygen atoms in total. The fourth-order valence-electron chi connectivity index (χ4n) is 1.17. The molecule has 98 valence electrons. The number of aliphatic carboxylic acids is 1. The van der Waals surface area contributed by atoms with Gasteiger partial charge in [-0.25, -0.2) is 17.9 Å². The molecule has 0 aliphatic heterocycles. The lowest BCUT2D eigenvalue weighted by Crippen LogP contribution is -2.26. The van der Waals surface area contributed by atoms with Crippen LogP contribution in [-0.4, -0.2) is 37.1 Å². The van der Waals surface area contributed by atoms with E-state index in [1.807, 2.05) is 0 Å². The van der Waals surface area contributed by atoms with Crippen LogP contribution in [-0.2, 0) is 14.8 Å². The van der Waals surface area contributed by atoms with E-state index in [1.54, 1.807) is 0 Å². The van der Waals surface area contributed by atoms with Gasteiger partial charge < -0.3 is 10.2 Å². The first-order chi connectivity index (χ1) is 8.33. The maximum absolute atomic E-state index is 11.7. The minimum Gasteiger partial charge on any atom is -0.481 e. The van der Waals surface area contributed by atoms with Crippen molar-refractivity contribution in [2.24, 2.45) is 0 Å². The molecular weight excluding hydrogens is 262 g/mol. The van der Waals surface area contributed by atoms with Crippen molar-refractivity contribution in [1.82, 2.24) is 4.72 Å². The number of sulfonamides is 1.